The number of anilines is 1. The molecule has 0 saturated heterocycles. The van der Waals surface area contributed by atoms with Gasteiger partial charge in [0, 0.05) is 5.69 Å². The first kappa shape index (κ1) is 12.9. The SMILES string of the molecule is COC(=O)C(C)(CC1CC1)Nc1ccccc1C. The zero-order chi connectivity index (χ0) is 13.2. The third kappa shape index (κ3) is 2.84. The number of hydrogen-bond acceptors (Lipinski definition) is 3. The highest BCUT2D eigenvalue weighted by atomic mass is 16.5. The van der Waals surface area contributed by atoms with Gasteiger partial charge in [-0.3, -0.25) is 0 Å². The van der Waals surface area contributed by atoms with Crippen molar-refractivity contribution in [1.82, 2.24) is 0 Å². The van der Waals surface area contributed by atoms with Crippen molar-refractivity contribution in [2.75, 3.05) is 12.4 Å². The lowest BCUT2D eigenvalue weighted by molar-refractivity contribution is -0.145. The van der Waals surface area contributed by atoms with E-state index >= 15 is 0 Å². The molecule has 0 radical (unpaired) electrons. The van der Waals surface area contributed by atoms with E-state index in [4.69, 9.17) is 4.74 Å². The fraction of sp³-hybridized carbons (Fsp3) is 0.533. The predicted octanol–water partition coefficient (Wildman–Crippen LogP) is 3.14. The second-order valence-corrected chi connectivity index (χ2v) is 5.41. The van der Waals surface area contributed by atoms with Crippen LogP contribution < -0.4 is 5.32 Å². The van der Waals surface area contributed by atoms with Crippen LogP contribution in [0, 0.1) is 12.8 Å². The maximum Gasteiger partial charge on any atom is 0.331 e. The van der Waals surface area contributed by atoms with Crippen LogP contribution in [0.25, 0.3) is 0 Å². The van der Waals surface area contributed by atoms with Crippen molar-refractivity contribution < 1.29 is 9.53 Å². The summed E-state index contributed by atoms with van der Waals surface area (Å²) in [7, 11) is 1.45. The van der Waals surface area contributed by atoms with Crippen molar-refractivity contribution in [3.8, 4) is 0 Å². The van der Waals surface area contributed by atoms with Crippen LogP contribution in [0.4, 0.5) is 5.69 Å². The van der Waals surface area contributed by atoms with E-state index in [0.717, 1.165) is 17.7 Å². The van der Waals surface area contributed by atoms with E-state index in [1.807, 2.05) is 38.1 Å². The summed E-state index contributed by atoms with van der Waals surface area (Å²) in [5.74, 6) is 0.475. The molecule has 1 aromatic rings. The van der Waals surface area contributed by atoms with Gasteiger partial charge in [-0.1, -0.05) is 31.0 Å². The second kappa shape index (κ2) is 5.01. The van der Waals surface area contributed by atoms with Gasteiger partial charge < -0.3 is 10.1 Å². The Morgan fingerprint density at radius 2 is 2.11 bits per heavy atom. The number of methoxy groups -OCH3 is 1. The number of para-hydroxylation sites is 1. The van der Waals surface area contributed by atoms with Crippen LogP contribution >= 0.6 is 0 Å². The molecule has 0 bridgehead atoms. The van der Waals surface area contributed by atoms with Crippen molar-refractivity contribution in [1.29, 1.82) is 0 Å². The van der Waals surface area contributed by atoms with E-state index < -0.39 is 5.54 Å². The van der Waals surface area contributed by atoms with Crippen LogP contribution in [0.5, 0.6) is 0 Å². The summed E-state index contributed by atoms with van der Waals surface area (Å²) >= 11 is 0. The van der Waals surface area contributed by atoms with Crippen LogP contribution in [-0.4, -0.2) is 18.6 Å². The molecular weight excluding hydrogens is 226 g/mol. The Bertz CT molecular complexity index is 440. The third-order valence-electron chi connectivity index (χ3n) is 3.59. The number of esters is 1. The summed E-state index contributed by atoms with van der Waals surface area (Å²) in [5, 5.41) is 3.37. The normalized spacial score (nSPS) is 17.9. The maximum absolute atomic E-state index is 12.0. The predicted molar refractivity (Wildman–Crippen MR) is 72.6 cm³/mol. The summed E-state index contributed by atoms with van der Waals surface area (Å²) < 4.78 is 4.95. The van der Waals surface area contributed by atoms with Gasteiger partial charge in [0.2, 0.25) is 0 Å². The Labute approximate surface area is 109 Å². The summed E-state index contributed by atoms with van der Waals surface area (Å²) in [6.07, 6.45) is 3.29. The van der Waals surface area contributed by atoms with Crippen LogP contribution in [0.15, 0.2) is 24.3 Å². The van der Waals surface area contributed by atoms with Crippen LogP contribution in [0.3, 0.4) is 0 Å². The Morgan fingerprint density at radius 1 is 1.44 bits per heavy atom. The fourth-order valence-electron chi connectivity index (χ4n) is 2.32. The van der Waals surface area contributed by atoms with Crippen molar-refractivity contribution in [3.63, 3.8) is 0 Å². The monoisotopic (exact) mass is 247 g/mol. The molecule has 3 nitrogen and oxygen atoms in total. The minimum atomic E-state index is -0.623. The van der Waals surface area contributed by atoms with Crippen molar-refractivity contribution >= 4 is 11.7 Å². The molecule has 18 heavy (non-hydrogen) atoms. The molecule has 1 aliphatic rings. The van der Waals surface area contributed by atoms with Gasteiger partial charge in [-0.25, -0.2) is 4.79 Å². The minimum Gasteiger partial charge on any atom is -0.467 e. The molecule has 1 saturated carbocycles. The lowest BCUT2D eigenvalue weighted by atomic mass is 9.94. The number of ether oxygens (including phenoxy) is 1. The van der Waals surface area contributed by atoms with Gasteiger partial charge in [0.25, 0.3) is 0 Å². The lowest BCUT2D eigenvalue weighted by Crippen LogP contribution is -2.45. The molecule has 3 heteroatoms. The Morgan fingerprint density at radius 3 is 2.67 bits per heavy atom. The molecule has 1 aliphatic carbocycles. The van der Waals surface area contributed by atoms with Crippen molar-refractivity contribution in [3.05, 3.63) is 29.8 Å². The molecule has 0 spiro atoms. The molecule has 2 rings (SSSR count). The van der Waals surface area contributed by atoms with Crippen LogP contribution in [0.1, 0.15) is 31.7 Å². The Kier molecular flexibility index (Phi) is 3.60. The maximum atomic E-state index is 12.0. The van der Waals surface area contributed by atoms with E-state index in [-0.39, 0.29) is 5.97 Å². The van der Waals surface area contributed by atoms with E-state index in [9.17, 15) is 4.79 Å². The molecule has 1 fully saturated rings. The van der Waals surface area contributed by atoms with Crippen LogP contribution in [0.2, 0.25) is 0 Å². The number of aryl methyl sites for hydroxylation is 1. The Hall–Kier alpha value is -1.51. The second-order valence-electron chi connectivity index (χ2n) is 5.41. The highest BCUT2D eigenvalue weighted by Crippen LogP contribution is 2.38. The van der Waals surface area contributed by atoms with Crippen molar-refractivity contribution in [2.45, 2.75) is 38.6 Å². The van der Waals surface area contributed by atoms with Crippen molar-refractivity contribution in [2.24, 2.45) is 5.92 Å². The first-order chi connectivity index (χ1) is 8.55. The highest BCUT2D eigenvalue weighted by molar-refractivity contribution is 5.84. The molecule has 1 atom stereocenters. The summed E-state index contributed by atoms with van der Waals surface area (Å²) in [6, 6.07) is 8.02. The van der Waals surface area contributed by atoms with Crippen LogP contribution in [-0.2, 0) is 9.53 Å². The summed E-state index contributed by atoms with van der Waals surface area (Å²) in [4.78, 5) is 12.0. The van der Waals surface area contributed by atoms with Gasteiger partial charge in [0.05, 0.1) is 7.11 Å². The molecule has 0 heterocycles. The fourth-order valence-corrected chi connectivity index (χ4v) is 2.32. The Balaban J connectivity index is 2.18. The molecule has 0 aliphatic heterocycles. The molecular formula is C15H21NO2. The number of rotatable bonds is 5. The first-order valence-corrected chi connectivity index (χ1v) is 6.47. The summed E-state index contributed by atoms with van der Waals surface area (Å²) in [5.41, 5.74) is 1.52. The topological polar surface area (TPSA) is 38.3 Å². The average Bonchev–Trinajstić information content (AvgIpc) is 3.15. The van der Waals surface area contributed by atoms with E-state index in [2.05, 4.69) is 5.32 Å². The molecule has 0 amide bonds. The van der Waals surface area contributed by atoms with E-state index in [1.165, 1.54) is 20.0 Å². The molecule has 1 N–H and O–H groups in total. The quantitative estimate of drug-likeness (QED) is 0.812. The number of hydrogen-bond donors (Lipinski definition) is 1. The minimum absolute atomic E-state index is 0.183. The van der Waals surface area contributed by atoms with Gasteiger partial charge in [0.15, 0.2) is 0 Å². The number of benzene rings is 1. The number of nitrogens with one attached hydrogen (secondary N) is 1. The van der Waals surface area contributed by atoms with Gasteiger partial charge >= 0.3 is 5.97 Å². The molecule has 1 aromatic carbocycles. The number of carbonyl (C=O) groups excluding carboxylic acids is 1. The average molecular weight is 247 g/mol. The largest absolute Gasteiger partial charge is 0.467 e. The molecule has 98 valence electrons. The first-order valence-electron chi connectivity index (χ1n) is 6.47. The number of carbonyl (C=O) groups is 1. The van der Waals surface area contributed by atoms with Gasteiger partial charge in [-0.05, 0) is 37.8 Å². The standard InChI is InChI=1S/C15H21NO2/c1-11-6-4-5-7-13(11)16-15(2,14(17)18-3)10-12-8-9-12/h4-7,12,16H,8-10H2,1-3H3. The van der Waals surface area contributed by atoms with Gasteiger partial charge in [0.1, 0.15) is 5.54 Å². The third-order valence-corrected chi connectivity index (χ3v) is 3.59. The van der Waals surface area contributed by atoms with Gasteiger partial charge in [-0.15, -0.1) is 0 Å². The zero-order valence-corrected chi connectivity index (χ0v) is 11.3. The van der Waals surface area contributed by atoms with Gasteiger partial charge in [-0.2, -0.15) is 0 Å². The zero-order valence-electron chi connectivity index (χ0n) is 11.3. The van der Waals surface area contributed by atoms with E-state index in [0.29, 0.717) is 5.92 Å². The summed E-state index contributed by atoms with van der Waals surface area (Å²) in [6.45, 7) is 3.97. The smallest absolute Gasteiger partial charge is 0.331 e. The molecule has 0 aromatic heterocycles. The molecule has 1 unspecified atom stereocenters. The lowest BCUT2D eigenvalue weighted by Gasteiger charge is -2.30. The van der Waals surface area contributed by atoms with E-state index in [1.54, 1.807) is 0 Å². The highest BCUT2D eigenvalue weighted by Gasteiger charge is 2.40.